The van der Waals surface area contributed by atoms with Crippen molar-refractivity contribution >= 4 is 23.0 Å². The van der Waals surface area contributed by atoms with Gasteiger partial charge < -0.3 is 16.8 Å². The predicted molar refractivity (Wildman–Crippen MR) is 74.8 cm³/mol. The van der Waals surface area contributed by atoms with Crippen molar-refractivity contribution in [2.24, 2.45) is 0 Å². The van der Waals surface area contributed by atoms with Gasteiger partial charge in [-0.2, -0.15) is 0 Å². The highest BCUT2D eigenvalue weighted by molar-refractivity contribution is 5.65. The van der Waals surface area contributed by atoms with Crippen molar-refractivity contribution < 1.29 is 0 Å². The Morgan fingerprint density at radius 2 is 1.83 bits per heavy atom. The molecule has 1 aliphatic carbocycles. The van der Waals surface area contributed by atoms with Crippen LogP contribution in [-0.2, 0) is 12.8 Å². The highest BCUT2D eigenvalue weighted by Crippen LogP contribution is 2.26. The molecule has 1 aromatic carbocycles. The van der Waals surface area contributed by atoms with E-state index in [2.05, 4.69) is 28.5 Å². The van der Waals surface area contributed by atoms with Gasteiger partial charge in [-0.3, -0.25) is 0 Å². The first kappa shape index (κ1) is 10.9. The fourth-order valence-corrected chi connectivity index (χ4v) is 2.35. The van der Waals surface area contributed by atoms with Gasteiger partial charge >= 0.3 is 0 Å². The van der Waals surface area contributed by atoms with E-state index >= 15 is 0 Å². The van der Waals surface area contributed by atoms with Crippen LogP contribution in [0.3, 0.4) is 0 Å². The Hall–Kier alpha value is -2.23. The maximum Gasteiger partial charge on any atom is 0.149 e. The molecule has 5 N–H and O–H groups in total. The summed E-state index contributed by atoms with van der Waals surface area (Å²) in [6.45, 7) is 0. The molecule has 0 fully saturated rings. The monoisotopic (exact) mass is 240 g/mol. The lowest BCUT2D eigenvalue weighted by atomic mass is 10.1. The number of hydrogen-bond acceptors (Lipinski definition) is 4. The Kier molecular flexibility index (Phi) is 2.55. The molecule has 1 aliphatic rings. The van der Waals surface area contributed by atoms with E-state index in [4.69, 9.17) is 11.5 Å². The van der Waals surface area contributed by atoms with Crippen LogP contribution < -0.4 is 16.8 Å². The number of nitrogens with two attached hydrogens (primary N) is 2. The summed E-state index contributed by atoms with van der Waals surface area (Å²) in [6, 6.07) is 10.1. The quantitative estimate of drug-likeness (QED) is 0.753. The minimum atomic E-state index is 0.362. The summed E-state index contributed by atoms with van der Waals surface area (Å²) in [4.78, 5) is 4.20. The fraction of sp³-hybridized carbons (Fsp3) is 0.214. The number of benzene rings is 1. The van der Waals surface area contributed by atoms with Crippen LogP contribution in [0.2, 0.25) is 0 Å². The molecule has 0 bridgehead atoms. The molecule has 0 saturated heterocycles. The third-order valence-electron chi connectivity index (χ3n) is 3.33. The number of rotatable bonds is 2. The van der Waals surface area contributed by atoms with Crippen LogP contribution in [0.15, 0.2) is 30.3 Å². The van der Waals surface area contributed by atoms with Crippen LogP contribution in [0, 0.1) is 0 Å². The topological polar surface area (TPSA) is 77.0 Å². The summed E-state index contributed by atoms with van der Waals surface area (Å²) in [5.74, 6) is 1.08. The van der Waals surface area contributed by atoms with Gasteiger partial charge in [-0.05, 0) is 54.7 Å². The van der Waals surface area contributed by atoms with Crippen LogP contribution in [0.1, 0.15) is 17.5 Å². The maximum atomic E-state index is 5.69. The van der Waals surface area contributed by atoms with Gasteiger partial charge in [0.25, 0.3) is 0 Å². The normalized spacial score (nSPS) is 13.3. The molecule has 0 amide bonds. The van der Waals surface area contributed by atoms with Gasteiger partial charge in [0.2, 0.25) is 0 Å². The molecule has 0 unspecified atom stereocenters. The number of aryl methyl sites for hydroxylation is 2. The molecule has 1 heterocycles. The fourth-order valence-electron chi connectivity index (χ4n) is 2.35. The maximum absolute atomic E-state index is 5.69. The molecule has 2 aromatic rings. The van der Waals surface area contributed by atoms with E-state index in [-0.39, 0.29) is 0 Å². The number of fused-ring (bicyclic) bond motifs is 1. The zero-order chi connectivity index (χ0) is 12.5. The number of pyridine rings is 1. The molecule has 0 aliphatic heterocycles. The Balaban J connectivity index is 1.85. The first-order valence-electron chi connectivity index (χ1n) is 6.13. The molecule has 4 heteroatoms. The molecule has 0 saturated carbocycles. The Morgan fingerprint density at radius 1 is 1.00 bits per heavy atom. The van der Waals surface area contributed by atoms with Gasteiger partial charge in [0.1, 0.15) is 11.6 Å². The van der Waals surface area contributed by atoms with Gasteiger partial charge in [-0.25, -0.2) is 4.98 Å². The van der Waals surface area contributed by atoms with Crippen molar-refractivity contribution in [1.82, 2.24) is 4.98 Å². The lowest BCUT2D eigenvalue weighted by Crippen LogP contribution is -2.01. The molecule has 0 atom stereocenters. The molecule has 0 spiro atoms. The van der Waals surface area contributed by atoms with Crippen LogP contribution in [0.5, 0.6) is 0 Å². The average Bonchev–Trinajstić information content (AvgIpc) is 2.81. The van der Waals surface area contributed by atoms with Gasteiger partial charge in [0.15, 0.2) is 0 Å². The number of nitrogens with zero attached hydrogens (tertiary/aromatic N) is 1. The smallest absolute Gasteiger partial charge is 0.149 e. The average molecular weight is 240 g/mol. The Morgan fingerprint density at radius 3 is 2.67 bits per heavy atom. The number of nitrogen functional groups attached to an aromatic ring is 2. The van der Waals surface area contributed by atoms with Crippen molar-refractivity contribution in [3.8, 4) is 0 Å². The Labute approximate surface area is 106 Å². The van der Waals surface area contributed by atoms with E-state index in [0.29, 0.717) is 11.5 Å². The van der Waals surface area contributed by atoms with Crippen molar-refractivity contribution in [3.63, 3.8) is 0 Å². The predicted octanol–water partition coefficient (Wildman–Crippen LogP) is 2.48. The van der Waals surface area contributed by atoms with E-state index < -0.39 is 0 Å². The highest BCUT2D eigenvalue weighted by Gasteiger charge is 2.10. The first-order chi connectivity index (χ1) is 8.72. The highest BCUT2D eigenvalue weighted by atomic mass is 15.0. The first-order valence-corrected chi connectivity index (χ1v) is 6.13. The Bertz CT molecular complexity index is 592. The van der Waals surface area contributed by atoms with Gasteiger partial charge in [-0.1, -0.05) is 6.07 Å². The molecular weight excluding hydrogens is 224 g/mol. The zero-order valence-corrected chi connectivity index (χ0v) is 10.1. The van der Waals surface area contributed by atoms with Crippen molar-refractivity contribution in [2.75, 3.05) is 16.8 Å². The minimum absolute atomic E-state index is 0.362. The summed E-state index contributed by atoms with van der Waals surface area (Å²) in [5.41, 5.74) is 15.8. The van der Waals surface area contributed by atoms with Crippen LogP contribution in [0.25, 0.3) is 0 Å². The largest absolute Gasteiger partial charge is 0.396 e. The number of hydrogen-bond donors (Lipinski definition) is 3. The van der Waals surface area contributed by atoms with E-state index in [1.165, 1.54) is 30.4 Å². The zero-order valence-electron chi connectivity index (χ0n) is 10.1. The lowest BCUT2D eigenvalue weighted by molar-refractivity contribution is 0.912. The molecular formula is C14H16N4. The lowest BCUT2D eigenvalue weighted by Gasteiger charge is -2.09. The molecule has 18 heavy (non-hydrogen) atoms. The van der Waals surface area contributed by atoms with Gasteiger partial charge in [-0.15, -0.1) is 0 Å². The molecule has 4 nitrogen and oxygen atoms in total. The summed E-state index contributed by atoms with van der Waals surface area (Å²) in [5, 5.41) is 3.26. The van der Waals surface area contributed by atoms with Crippen molar-refractivity contribution in [3.05, 3.63) is 41.5 Å². The molecule has 1 aromatic heterocycles. The summed E-state index contributed by atoms with van der Waals surface area (Å²) < 4.78 is 0. The summed E-state index contributed by atoms with van der Waals surface area (Å²) in [7, 11) is 0. The van der Waals surface area contributed by atoms with E-state index in [0.717, 1.165) is 11.5 Å². The van der Waals surface area contributed by atoms with Crippen LogP contribution in [-0.4, -0.2) is 4.98 Å². The second kappa shape index (κ2) is 4.22. The second-order valence-corrected chi connectivity index (χ2v) is 4.63. The van der Waals surface area contributed by atoms with Gasteiger partial charge in [0.05, 0.1) is 5.69 Å². The summed E-state index contributed by atoms with van der Waals surface area (Å²) >= 11 is 0. The minimum Gasteiger partial charge on any atom is -0.396 e. The van der Waals surface area contributed by atoms with Gasteiger partial charge in [0, 0.05) is 5.69 Å². The van der Waals surface area contributed by atoms with E-state index in [9.17, 15) is 0 Å². The number of aromatic nitrogens is 1. The third kappa shape index (κ3) is 1.97. The number of anilines is 4. The third-order valence-corrected chi connectivity index (χ3v) is 3.33. The SMILES string of the molecule is Nc1ccc(Nc2ccc3c(c2)CCC3)nc1N. The van der Waals surface area contributed by atoms with E-state index in [1.807, 2.05) is 6.07 Å². The van der Waals surface area contributed by atoms with Crippen LogP contribution in [0.4, 0.5) is 23.0 Å². The second-order valence-electron chi connectivity index (χ2n) is 4.63. The summed E-state index contributed by atoms with van der Waals surface area (Å²) in [6.07, 6.45) is 3.62. The van der Waals surface area contributed by atoms with Crippen molar-refractivity contribution in [1.29, 1.82) is 0 Å². The standard InChI is InChI=1S/C14H16N4/c15-12-6-7-13(18-14(12)16)17-11-5-4-9-2-1-3-10(9)8-11/h4-8H,1-3,15H2,(H3,16,17,18). The van der Waals surface area contributed by atoms with Crippen LogP contribution >= 0.6 is 0 Å². The molecule has 92 valence electrons. The molecule has 3 rings (SSSR count). The van der Waals surface area contributed by atoms with E-state index in [1.54, 1.807) is 6.07 Å². The number of nitrogens with one attached hydrogen (secondary N) is 1. The molecule has 0 radical (unpaired) electrons. The van der Waals surface area contributed by atoms with Crippen molar-refractivity contribution in [2.45, 2.75) is 19.3 Å².